The maximum absolute atomic E-state index is 5.22. The minimum absolute atomic E-state index is 0.131. The highest BCUT2D eigenvalue weighted by molar-refractivity contribution is 6.96. The molecule has 0 saturated heterocycles. The predicted molar refractivity (Wildman–Crippen MR) is 119 cm³/mol. The second-order valence-corrected chi connectivity index (χ2v) is 7.75. The van der Waals surface area contributed by atoms with Gasteiger partial charge < -0.3 is 4.57 Å². The maximum atomic E-state index is 5.22. The van der Waals surface area contributed by atoms with Gasteiger partial charge in [0.25, 0.3) is 6.71 Å². The molecule has 0 spiro atoms. The van der Waals surface area contributed by atoms with E-state index < -0.39 is 0 Å². The highest BCUT2D eigenvalue weighted by Crippen LogP contribution is 2.29. The molecule has 28 heavy (non-hydrogen) atoms. The zero-order chi connectivity index (χ0) is 18.8. The van der Waals surface area contributed by atoms with Crippen LogP contribution in [0.1, 0.15) is 11.1 Å². The topological polar surface area (TPSA) is 17.8 Å². The minimum Gasteiger partial charge on any atom is -0.303 e. The molecule has 0 atom stereocenters. The Hall–Kier alpha value is -3.33. The summed E-state index contributed by atoms with van der Waals surface area (Å²) in [6.45, 7) is 4.48. The molecule has 6 rings (SSSR count). The van der Waals surface area contributed by atoms with Crippen molar-refractivity contribution < 1.29 is 0 Å². The van der Waals surface area contributed by atoms with E-state index in [1.807, 2.05) is 0 Å². The molecule has 0 unspecified atom stereocenters. The summed E-state index contributed by atoms with van der Waals surface area (Å²) in [4.78, 5) is 5.22. The Morgan fingerprint density at radius 3 is 2.39 bits per heavy atom. The highest BCUT2D eigenvalue weighted by atomic mass is 15.1. The van der Waals surface area contributed by atoms with E-state index in [9.17, 15) is 0 Å². The van der Waals surface area contributed by atoms with Crippen molar-refractivity contribution >= 4 is 45.2 Å². The first-order valence-electron chi connectivity index (χ1n) is 9.79. The van der Waals surface area contributed by atoms with Crippen LogP contribution in [0.5, 0.6) is 0 Å². The van der Waals surface area contributed by atoms with Crippen molar-refractivity contribution in [3.8, 4) is 5.69 Å². The van der Waals surface area contributed by atoms with E-state index in [0.717, 1.165) is 11.2 Å². The van der Waals surface area contributed by atoms with Crippen LogP contribution in [0.25, 0.3) is 27.5 Å². The third kappa shape index (κ3) is 1.96. The Kier molecular flexibility index (Phi) is 3.13. The normalized spacial score (nSPS) is 12.6. The molecule has 1 aliphatic heterocycles. The summed E-state index contributed by atoms with van der Waals surface area (Å²) >= 11 is 0. The largest absolute Gasteiger partial charge is 0.303 e. The average Bonchev–Trinajstić information content (AvgIpc) is 3.12. The number of fused-ring (bicyclic) bond motifs is 4. The van der Waals surface area contributed by atoms with Gasteiger partial charge in [-0.1, -0.05) is 77.7 Å². The van der Waals surface area contributed by atoms with E-state index in [0.29, 0.717) is 0 Å². The van der Waals surface area contributed by atoms with Gasteiger partial charge in [0.05, 0.1) is 22.4 Å². The number of aryl methyl sites for hydroxylation is 2. The van der Waals surface area contributed by atoms with E-state index in [-0.39, 0.29) is 6.71 Å². The van der Waals surface area contributed by atoms with Crippen LogP contribution in [-0.2, 0) is 0 Å². The fourth-order valence-electron chi connectivity index (χ4n) is 4.73. The first kappa shape index (κ1) is 15.7. The zero-order valence-corrected chi connectivity index (χ0v) is 16.0. The summed E-state index contributed by atoms with van der Waals surface area (Å²) in [6.07, 6.45) is 0. The van der Waals surface area contributed by atoms with Crippen molar-refractivity contribution in [2.45, 2.75) is 13.8 Å². The Morgan fingerprint density at radius 2 is 1.57 bits per heavy atom. The van der Waals surface area contributed by atoms with Crippen LogP contribution in [0.4, 0.5) is 0 Å². The van der Waals surface area contributed by atoms with Gasteiger partial charge in [-0.15, -0.1) is 0 Å². The number of aromatic nitrogens is 2. The highest BCUT2D eigenvalue weighted by Gasteiger charge is 2.34. The predicted octanol–water partition coefficient (Wildman–Crippen LogP) is 3.63. The van der Waals surface area contributed by atoms with Crippen LogP contribution in [-0.4, -0.2) is 16.3 Å². The lowest BCUT2D eigenvalue weighted by Gasteiger charge is -2.26. The van der Waals surface area contributed by atoms with Crippen LogP contribution in [0.15, 0.2) is 78.9 Å². The van der Waals surface area contributed by atoms with Gasteiger partial charge in [0.15, 0.2) is 0 Å². The molecule has 5 aromatic rings. The molecule has 0 fully saturated rings. The summed E-state index contributed by atoms with van der Waals surface area (Å²) in [5.74, 6) is 0. The number of hydrogen-bond acceptors (Lipinski definition) is 1. The standard InChI is InChI=1S/C25H19BN2/c1-16-14-15-22-24(17(16)2)27-25-26(19-10-4-3-5-11-19)20-12-6-8-18-9-7-13-21(23(18)20)28(22)25/h3-15H,1-2H3. The van der Waals surface area contributed by atoms with Crippen LogP contribution in [0.3, 0.4) is 0 Å². The maximum Gasteiger partial charge on any atom is 0.288 e. The summed E-state index contributed by atoms with van der Waals surface area (Å²) < 4.78 is 2.38. The Labute approximate surface area is 164 Å². The zero-order valence-electron chi connectivity index (χ0n) is 16.0. The van der Waals surface area contributed by atoms with Gasteiger partial charge in [-0.05, 0) is 42.5 Å². The van der Waals surface area contributed by atoms with Crippen molar-refractivity contribution in [1.29, 1.82) is 0 Å². The molecule has 0 N–H and O–H groups in total. The molecule has 0 radical (unpaired) electrons. The fourth-order valence-corrected chi connectivity index (χ4v) is 4.73. The first-order valence-corrected chi connectivity index (χ1v) is 9.79. The summed E-state index contributed by atoms with van der Waals surface area (Å²) in [5, 5.41) is 2.62. The molecule has 0 amide bonds. The number of imidazole rings is 1. The van der Waals surface area contributed by atoms with Gasteiger partial charge in [0, 0.05) is 5.39 Å². The molecule has 4 aromatic carbocycles. The number of benzene rings is 4. The fraction of sp³-hybridized carbons (Fsp3) is 0.0800. The molecule has 2 heterocycles. The summed E-state index contributed by atoms with van der Waals surface area (Å²) in [7, 11) is 0. The Bertz CT molecular complexity index is 1380. The van der Waals surface area contributed by atoms with Gasteiger partial charge in [-0.25, -0.2) is 4.98 Å². The SMILES string of the molecule is Cc1ccc2c(nc3n2-c2cccc4cccc(c24)B3c2ccccc2)c1C. The molecule has 132 valence electrons. The second-order valence-electron chi connectivity index (χ2n) is 7.75. The van der Waals surface area contributed by atoms with Crippen LogP contribution in [0.2, 0.25) is 0 Å². The smallest absolute Gasteiger partial charge is 0.288 e. The van der Waals surface area contributed by atoms with E-state index >= 15 is 0 Å². The van der Waals surface area contributed by atoms with Crippen molar-refractivity contribution in [1.82, 2.24) is 9.55 Å². The first-order chi connectivity index (χ1) is 13.7. The Balaban J connectivity index is 1.83. The number of nitrogens with zero attached hydrogens (tertiary/aromatic N) is 2. The van der Waals surface area contributed by atoms with E-state index in [1.54, 1.807) is 0 Å². The third-order valence-corrected chi connectivity index (χ3v) is 6.23. The number of rotatable bonds is 1. The van der Waals surface area contributed by atoms with Crippen molar-refractivity contribution in [3.05, 3.63) is 90.0 Å². The molecule has 1 aromatic heterocycles. The van der Waals surface area contributed by atoms with E-state index in [4.69, 9.17) is 4.98 Å². The minimum atomic E-state index is 0.131. The van der Waals surface area contributed by atoms with Gasteiger partial charge in [-0.3, -0.25) is 0 Å². The molecular formula is C25H19BN2. The quantitative estimate of drug-likeness (QED) is 0.411. The lowest BCUT2D eigenvalue weighted by molar-refractivity contribution is 1.15. The van der Waals surface area contributed by atoms with Crippen LogP contribution < -0.4 is 16.6 Å². The molecule has 0 bridgehead atoms. The van der Waals surface area contributed by atoms with Crippen molar-refractivity contribution in [3.63, 3.8) is 0 Å². The molecule has 0 saturated carbocycles. The monoisotopic (exact) mass is 358 g/mol. The van der Waals surface area contributed by atoms with Gasteiger partial charge in [-0.2, -0.15) is 0 Å². The van der Waals surface area contributed by atoms with Gasteiger partial charge in [0.2, 0.25) is 0 Å². The van der Waals surface area contributed by atoms with Crippen molar-refractivity contribution in [2.24, 2.45) is 0 Å². The van der Waals surface area contributed by atoms with E-state index in [1.165, 1.54) is 44.0 Å². The molecular weight excluding hydrogens is 339 g/mol. The van der Waals surface area contributed by atoms with Gasteiger partial charge >= 0.3 is 0 Å². The average molecular weight is 358 g/mol. The lowest BCUT2D eigenvalue weighted by atomic mass is 9.38. The summed E-state index contributed by atoms with van der Waals surface area (Å²) in [6, 6.07) is 28.5. The van der Waals surface area contributed by atoms with E-state index in [2.05, 4.69) is 97.3 Å². The van der Waals surface area contributed by atoms with Crippen LogP contribution >= 0.6 is 0 Å². The Morgan fingerprint density at radius 1 is 0.786 bits per heavy atom. The van der Waals surface area contributed by atoms with Gasteiger partial charge in [0.1, 0.15) is 0 Å². The van der Waals surface area contributed by atoms with Crippen LogP contribution in [0, 0.1) is 13.8 Å². The van der Waals surface area contributed by atoms with Crippen molar-refractivity contribution in [2.75, 3.05) is 0 Å². The number of hydrogen-bond donors (Lipinski definition) is 0. The molecule has 0 aliphatic carbocycles. The second kappa shape index (κ2) is 5.59. The molecule has 3 heteroatoms. The lowest BCUT2D eigenvalue weighted by Crippen LogP contribution is -2.57. The summed E-state index contributed by atoms with van der Waals surface area (Å²) in [5.41, 5.74) is 9.84. The molecule has 2 nitrogen and oxygen atoms in total. The molecule has 1 aliphatic rings. The third-order valence-electron chi connectivity index (χ3n) is 6.23.